The van der Waals surface area contributed by atoms with Crippen molar-refractivity contribution >= 4 is 11.9 Å². The van der Waals surface area contributed by atoms with Gasteiger partial charge >= 0.3 is 5.97 Å². The van der Waals surface area contributed by atoms with E-state index in [0.29, 0.717) is 25.2 Å². The van der Waals surface area contributed by atoms with Gasteiger partial charge in [-0.2, -0.15) is 0 Å². The van der Waals surface area contributed by atoms with E-state index in [2.05, 4.69) is 5.32 Å². The highest BCUT2D eigenvalue weighted by molar-refractivity contribution is 5.85. The van der Waals surface area contributed by atoms with Crippen molar-refractivity contribution in [2.75, 3.05) is 20.3 Å². The third-order valence-corrected chi connectivity index (χ3v) is 3.83. The average molecular weight is 325 g/mol. The molecule has 1 aromatic rings. The third kappa shape index (κ3) is 4.66. The van der Waals surface area contributed by atoms with Gasteiger partial charge in [-0.25, -0.2) is 9.18 Å². The van der Waals surface area contributed by atoms with Crippen LogP contribution in [-0.4, -0.2) is 43.3 Å². The smallest absolute Gasteiger partial charge is 0.326 e. The van der Waals surface area contributed by atoms with Crippen LogP contribution in [0.2, 0.25) is 0 Å². The number of hydrogen-bond acceptors (Lipinski definition) is 4. The van der Waals surface area contributed by atoms with Crippen LogP contribution >= 0.6 is 0 Å². The number of rotatable bonds is 6. The lowest BCUT2D eigenvalue weighted by molar-refractivity contribution is -0.145. The summed E-state index contributed by atoms with van der Waals surface area (Å²) in [5.74, 6) is -2.27. The van der Waals surface area contributed by atoms with Crippen molar-refractivity contribution in [3.63, 3.8) is 0 Å². The van der Waals surface area contributed by atoms with Gasteiger partial charge in [0.2, 0.25) is 5.91 Å². The van der Waals surface area contributed by atoms with Crippen LogP contribution in [0.25, 0.3) is 0 Å². The number of carboxylic acids is 1. The summed E-state index contributed by atoms with van der Waals surface area (Å²) < 4.78 is 23.7. The van der Waals surface area contributed by atoms with Crippen LogP contribution < -0.4 is 10.1 Å². The van der Waals surface area contributed by atoms with Gasteiger partial charge in [-0.15, -0.1) is 0 Å². The van der Waals surface area contributed by atoms with Gasteiger partial charge in [-0.1, -0.05) is 6.07 Å². The topological polar surface area (TPSA) is 84.9 Å². The minimum atomic E-state index is -1.09. The summed E-state index contributed by atoms with van der Waals surface area (Å²) in [6.45, 7) is 0.927. The van der Waals surface area contributed by atoms with E-state index in [4.69, 9.17) is 9.47 Å². The first-order valence-corrected chi connectivity index (χ1v) is 7.43. The molecule has 1 aliphatic rings. The molecule has 1 amide bonds. The van der Waals surface area contributed by atoms with Crippen molar-refractivity contribution in [1.82, 2.24) is 5.32 Å². The maximum Gasteiger partial charge on any atom is 0.326 e. The van der Waals surface area contributed by atoms with Crippen molar-refractivity contribution in [1.29, 1.82) is 0 Å². The fourth-order valence-corrected chi connectivity index (χ4v) is 2.64. The minimum absolute atomic E-state index is 0.0944. The van der Waals surface area contributed by atoms with Crippen LogP contribution in [0.5, 0.6) is 5.75 Å². The Morgan fingerprint density at radius 2 is 2.30 bits per heavy atom. The predicted octanol–water partition coefficient (Wildman–Crippen LogP) is 1.37. The highest BCUT2D eigenvalue weighted by Crippen LogP contribution is 2.19. The summed E-state index contributed by atoms with van der Waals surface area (Å²) in [6.07, 6.45) is 1.36. The summed E-state index contributed by atoms with van der Waals surface area (Å²) in [6, 6.07) is 3.21. The van der Waals surface area contributed by atoms with E-state index < -0.39 is 23.7 Å². The fraction of sp³-hybridized carbons (Fsp3) is 0.500. The Morgan fingerprint density at radius 1 is 1.52 bits per heavy atom. The number of benzene rings is 1. The number of aliphatic carboxylic acids is 1. The molecule has 126 valence electrons. The monoisotopic (exact) mass is 325 g/mol. The molecule has 23 heavy (non-hydrogen) atoms. The molecule has 6 nitrogen and oxygen atoms in total. The van der Waals surface area contributed by atoms with Crippen molar-refractivity contribution in [2.45, 2.75) is 25.3 Å². The lowest BCUT2D eigenvalue weighted by atomic mass is 9.93. The van der Waals surface area contributed by atoms with Gasteiger partial charge < -0.3 is 19.9 Å². The number of carboxylic acid groups (broad SMARTS) is 1. The summed E-state index contributed by atoms with van der Waals surface area (Å²) >= 11 is 0. The SMILES string of the molecule is COc1ccc(CC(=O)NC(C(=O)O)C2CCCOC2)cc1F. The summed E-state index contributed by atoms with van der Waals surface area (Å²) in [5, 5.41) is 11.8. The van der Waals surface area contributed by atoms with E-state index in [1.54, 1.807) is 6.07 Å². The quantitative estimate of drug-likeness (QED) is 0.825. The number of carbonyl (C=O) groups excluding carboxylic acids is 1. The third-order valence-electron chi connectivity index (χ3n) is 3.83. The number of methoxy groups -OCH3 is 1. The summed E-state index contributed by atoms with van der Waals surface area (Å²) in [7, 11) is 1.36. The first-order valence-electron chi connectivity index (χ1n) is 7.43. The van der Waals surface area contributed by atoms with Gasteiger partial charge in [0.15, 0.2) is 11.6 Å². The molecule has 1 aliphatic heterocycles. The molecule has 1 saturated heterocycles. The molecule has 0 radical (unpaired) electrons. The molecule has 1 heterocycles. The lowest BCUT2D eigenvalue weighted by Crippen LogP contribution is -2.48. The van der Waals surface area contributed by atoms with Crippen molar-refractivity contribution in [2.24, 2.45) is 5.92 Å². The van der Waals surface area contributed by atoms with E-state index in [1.165, 1.54) is 19.2 Å². The molecule has 2 unspecified atom stereocenters. The molecule has 1 fully saturated rings. The van der Waals surface area contributed by atoms with E-state index >= 15 is 0 Å². The Balaban J connectivity index is 1.98. The molecule has 1 aromatic carbocycles. The lowest BCUT2D eigenvalue weighted by Gasteiger charge is -2.28. The second-order valence-corrected chi connectivity index (χ2v) is 5.51. The Hall–Kier alpha value is -2.15. The van der Waals surface area contributed by atoms with Crippen LogP contribution in [-0.2, 0) is 20.7 Å². The van der Waals surface area contributed by atoms with Gasteiger partial charge in [0.25, 0.3) is 0 Å². The van der Waals surface area contributed by atoms with Crippen LogP contribution in [0.1, 0.15) is 18.4 Å². The minimum Gasteiger partial charge on any atom is -0.494 e. The number of ether oxygens (including phenoxy) is 2. The zero-order chi connectivity index (χ0) is 16.8. The maximum absolute atomic E-state index is 13.6. The zero-order valence-corrected chi connectivity index (χ0v) is 12.9. The standard InChI is InChI=1S/C16H20FNO5/c1-22-13-5-4-10(7-12(13)17)8-14(19)18-15(16(20)21)11-3-2-6-23-9-11/h4-5,7,11,15H,2-3,6,8-9H2,1H3,(H,18,19)(H,20,21). The fourth-order valence-electron chi connectivity index (χ4n) is 2.64. The van der Waals surface area contributed by atoms with E-state index in [0.717, 1.165) is 6.42 Å². The molecule has 0 spiro atoms. The number of nitrogens with one attached hydrogen (secondary N) is 1. The average Bonchev–Trinajstić information content (AvgIpc) is 2.53. The molecular weight excluding hydrogens is 305 g/mol. The van der Waals surface area contributed by atoms with Crippen molar-refractivity contribution < 1.29 is 28.6 Å². The van der Waals surface area contributed by atoms with Crippen molar-refractivity contribution in [3.8, 4) is 5.75 Å². The highest BCUT2D eigenvalue weighted by atomic mass is 19.1. The molecule has 2 N–H and O–H groups in total. The molecule has 0 bridgehead atoms. The van der Waals surface area contributed by atoms with Crippen molar-refractivity contribution in [3.05, 3.63) is 29.6 Å². The number of halogens is 1. The largest absolute Gasteiger partial charge is 0.494 e. The molecular formula is C16H20FNO5. The van der Waals surface area contributed by atoms with Gasteiger partial charge in [-0.05, 0) is 30.5 Å². The Bertz CT molecular complexity index is 572. The molecule has 2 rings (SSSR count). The number of hydrogen-bond donors (Lipinski definition) is 2. The van der Waals surface area contributed by atoms with Crippen LogP contribution in [0.4, 0.5) is 4.39 Å². The normalized spacial score (nSPS) is 19.0. The van der Waals surface area contributed by atoms with Gasteiger partial charge in [0, 0.05) is 12.5 Å². The first-order chi connectivity index (χ1) is 11.0. The molecule has 7 heteroatoms. The summed E-state index contributed by atoms with van der Waals surface area (Å²) in [5.41, 5.74) is 0.449. The maximum atomic E-state index is 13.6. The second-order valence-electron chi connectivity index (χ2n) is 5.51. The van der Waals surface area contributed by atoms with E-state index in [9.17, 15) is 19.1 Å². The van der Waals surface area contributed by atoms with E-state index in [1.807, 2.05) is 0 Å². The van der Waals surface area contributed by atoms with Crippen LogP contribution in [0.15, 0.2) is 18.2 Å². The number of amides is 1. The Kier molecular flexibility index (Phi) is 5.92. The Labute approximate surface area is 133 Å². The molecule has 0 aromatic heterocycles. The molecule has 0 saturated carbocycles. The molecule has 0 aliphatic carbocycles. The Morgan fingerprint density at radius 3 is 2.87 bits per heavy atom. The first kappa shape index (κ1) is 17.2. The van der Waals surface area contributed by atoms with Gasteiger partial charge in [0.05, 0.1) is 20.1 Å². The predicted molar refractivity (Wildman–Crippen MR) is 79.8 cm³/mol. The van der Waals surface area contributed by atoms with Crippen LogP contribution in [0, 0.1) is 11.7 Å². The van der Waals surface area contributed by atoms with Gasteiger partial charge in [-0.3, -0.25) is 4.79 Å². The van der Waals surface area contributed by atoms with E-state index in [-0.39, 0.29) is 18.1 Å². The zero-order valence-electron chi connectivity index (χ0n) is 12.9. The van der Waals surface area contributed by atoms with Gasteiger partial charge in [0.1, 0.15) is 6.04 Å². The molecule has 2 atom stereocenters. The number of carbonyl (C=O) groups is 2. The second kappa shape index (κ2) is 7.92. The van der Waals surface area contributed by atoms with Crippen LogP contribution in [0.3, 0.4) is 0 Å². The highest BCUT2D eigenvalue weighted by Gasteiger charge is 2.31. The summed E-state index contributed by atoms with van der Waals surface area (Å²) in [4.78, 5) is 23.4.